The van der Waals surface area contributed by atoms with Gasteiger partial charge in [0.25, 0.3) is 5.91 Å². The summed E-state index contributed by atoms with van der Waals surface area (Å²) in [5.41, 5.74) is 1.37. The fraction of sp³-hybridized carbons (Fsp3) is 0.0556. The number of anilines is 1. The lowest BCUT2D eigenvalue weighted by Crippen LogP contribution is -2.28. The molecule has 0 atom stereocenters. The van der Waals surface area contributed by atoms with E-state index in [9.17, 15) is 9.59 Å². The van der Waals surface area contributed by atoms with E-state index in [1.54, 1.807) is 49.6 Å². The predicted octanol–water partition coefficient (Wildman–Crippen LogP) is 4.25. The fourth-order valence-corrected chi connectivity index (χ4v) is 3.53. The van der Waals surface area contributed by atoms with Gasteiger partial charge in [-0.15, -0.1) is 0 Å². The van der Waals surface area contributed by atoms with Gasteiger partial charge in [0.05, 0.1) is 22.4 Å². The van der Waals surface area contributed by atoms with E-state index < -0.39 is 5.97 Å². The maximum absolute atomic E-state index is 12.7. The maximum atomic E-state index is 12.7. The Kier molecular flexibility index (Phi) is 4.87. The number of carbonyl (C=O) groups is 2. The topological polar surface area (TPSA) is 70.8 Å². The summed E-state index contributed by atoms with van der Waals surface area (Å²) >= 11 is 6.49. The van der Waals surface area contributed by atoms with Crippen LogP contribution in [0.25, 0.3) is 6.08 Å². The molecule has 3 rings (SSSR count). The second-order valence-electron chi connectivity index (χ2n) is 5.22. The van der Waals surface area contributed by atoms with Crippen LogP contribution in [-0.4, -0.2) is 21.3 Å². The fourth-order valence-electron chi connectivity index (χ4n) is 2.29. The first kappa shape index (κ1) is 17.2. The van der Waals surface area contributed by atoms with E-state index in [1.807, 2.05) is 0 Å². The summed E-state index contributed by atoms with van der Waals surface area (Å²) in [6.45, 7) is 1.81. The van der Waals surface area contributed by atoms with E-state index in [0.29, 0.717) is 20.7 Å². The number of amides is 1. The Hall–Kier alpha value is -2.64. The smallest absolute Gasteiger partial charge is 0.335 e. The van der Waals surface area contributed by atoms with Crippen LogP contribution in [0.4, 0.5) is 5.69 Å². The van der Waals surface area contributed by atoms with Gasteiger partial charge in [-0.05, 0) is 48.9 Å². The molecular formula is C18H13NO4S2. The van der Waals surface area contributed by atoms with Crippen LogP contribution in [0, 0.1) is 6.92 Å². The summed E-state index contributed by atoms with van der Waals surface area (Å²) in [5.74, 6) is -0.648. The number of carbonyl (C=O) groups excluding carboxylic acids is 1. The highest BCUT2D eigenvalue weighted by atomic mass is 32.2. The summed E-state index contributed by atoms with van der Waals surface area (Å²) in [4.78, 5) is 25.7. The molecule has 0 radical (unpaired) electrons. The molecule has 0 bridgehead atoms. The highest BCUT2D eigenvalue weighted by molar-refractivity contribution is 8.27. The third-order valence-corrected chi connectivity index (χ3v) is 4.86. The maximum Gasteiger partial charge on any atom is 0.335 e. The summed E-state index contributed by atoms with van der Waals surface area (Å²) < 4.78 is 5.56. The number of aryl methyl sites for hydroxylation is 1. The van der Waals surface area contributed by atoms with Crippen molar-refractivity contribution in [1.29, 1.82) is 0 Å². The molecule has 5 nitrogen and oxygen atoms in total. The Labute approximate surface area is 153 Å². The van der Waals surface area contributed by atoms with Gasteiger partial charge in [-0.3, -0.25) is 9.69 Å². The normalized spacial score (nSPS) is 16.4. The molecule has 1 aromatic carbocycles. The SMILES string of the molecule is Cc1ccc(C(=O)O)cc1N1C(=O)/C(=C\C=C\c2ccco2)SC1=S. The van der Waals surface area contributed by atoms with Crippen molar-refractivity contribution in [1.82, 2.24) is 0 Å². The number of hydrogen-bond donors (Lipinski definition) is 1. The molecule has 1 aliphatic rings. The molecule has 0 saturated carbocycles. The third kappa shape index (κ3) is 3.57. The second-order valence-corrected chi connectivity index (χ2v) is 6.90. The quantitative estimate of drug-likeness (QED) is 0.640. The first-order valence-electron chi connectivity index (χ1n) is 7.29. The number of aromatic carboxylic acids is 1. The number of thioether (sulfide) groups is 1. The molecule has 2 heterocycles. The average molecular weight is 371 g/mol. The van der Waals surface area contributed by atoms with Crippen molar-refractivity contribution < 1.29 is 19.1 Å². The van der Waals surface area contributed by atoms with Crippen molar-refractivity contribution in [2.24, 2.45) is 0 Å². The van der Waals surface area contributed by atoms with Crippen LogP contribution in [0.1, 0.15) is 21.7 Å². The van der Waals surface area contributed by atoms with Gasteiger partial charge >= 0.3 is 5.97 Å². The van der Waals surface area contributed by atoms with Crippen LogP contribution < -0.4 is 4.90 Å². The molecule has 0 aliphatic carbocycles. The molecule has 0 spiro atoms. The number of allylic oxidation sites excluding steroid dienone is 2. The van der Waals surface area contributed by atoms with E-state index in [2.05, 4.69) is 0 Å². The second kappa shape index (κ2) is 7.08. The van der Waals surface area contributed by atoms with Gasteiger partial charge in [-0.2, -0.15) is 0 Å². The average Bonchev–Trinajstić information content (AvgIpc) is 3.17. The monoisotopic (exact) mass is 371 g/mol. The number of benzene rings is 1. The number of carboxylic acid groups (broad SMARTS) is 1. The Morgan fingerprint density at radius 1 is 1.36 bits per heavy atom. The van der Waals surface area contributed by atoms with Gasteiger partial charge in [-0.25, -0.2) is 4.79 Å². The first-order chi connectivity index (χ1) is 12.0. The summed E-state index contributed by atoms with van der Waals surface area (Å²) in [5, 5.41) is 9.16. The lowest BCUT2D eigenvalue weighted by atomic mass is 10.1. The van der Waals surface area contributed by atoms with Crippen LogP contribution in [0.5, 0.6) is 0 Å². The molecule has 1 aromatic heterocycles. The standard InChI is InChI=1S/C18H13NO4S2/c1-11-7-8-12(17(21)22)10-14(11)19-16(20)15(25-18(19)24)6-2-4-13-5-3-9-23-13/h2-10H,1H3,(H,21,22)/b4-2+,15-6+. The highest BCUT2D eigenvalue weighted by Crippen LogP contribution is 2.36. The van der Waals surface area contributed by atoms with Gasteiger partial charge in [0.1, 0.15) is 5.76 Å². The molecule has 2 aromatic rings. The molecule has 1 fully saturated rings. The highest BCUT2D eigenvalue weighted by Gasteiger charge is 2.34. The van der Waals surface area contributed by atoms with Gasteiger partial charge in [0.2, 0.25) is 0 Å². The van der Waals surface area contributed by atoms with Crippen LogP contribution in [0.15, 0.2) is 58.1 Å². The largest absolute Gasteiger partial charge is 0.478 e. The predicted molar refractivity (Wildman–Crippen MR) is 102 cm³/mol. The number of rotatable bonds is 4. The van der Waals surface area contributed by atoms with Crippen molar-refractivity contribution in [3.8, 4) is 0 Å². The van der Waals surface area contributed by atoms with Gasteiger partial charge in [-0.1, -0.05) is 36.1 Å². The number of hydrogen-bond acceptors (Lipinski definition) is 5. The Bertz CT molecular complexity index is 913. The number of furan rings is 1. The van der Waals surface area contributed by atoms with Crippen LogP contribution in [0.2, 0.25) is 0 Å². The third-order valence-electron chi connectivity index (χ3n) is 3.54. The van der Waals surface area contributed by atoms with Gasteiger partial charge < -0.3 is 9.52 Å². The van der Waals surface area contributed by atoms with Gasteiger partial charge in [0.15, 0.2) is 4.32 Å². The minimum atomic E-state index is -1.05. The van der Waals surface area contributed by atoms with E-state index >= 15 is 0 Å². The molecular weight excluding hydrogens is 358 g/mol. The lowest BCUT2D eigenvalue weighted by Gasteiger charge is -2.17. The zero-order valence-corrected chi connectivity index (χ0v) is 14.8. The zero-order valence-electron chi connectivity index (χ0n) is 13.1. The molecule has 7 heteroatoms. The number of thiocarbonyl (C=S) groups is 1. The van der Waals surface area contributed by atoms with Crippen molar-refractivity contribution in [2.45, 2.75) is 6.92 Å². The molecule has 126 valence electrons. The minimum Gasteiger partial charge on any atom is -0.478 e. The molecule has 1 saturated heterocycles. The van der Waals surface area contributed by atoms with E-state index in [0.717, 1.165) is 5.56 Å². The summed E-state index contributed by atoms with van der Waals surface area (Å²) in [6, 6.07) is 8.20. The van der Waals surface area contributed by atoms with E-state index in [4.69, 9.17) is 21.7 Å². The molecule has 0 unspecified atom stereocenters. The van der Waals surface area contributed by atoms with E-state index in [-0.39, 0.29) is 11.5 Å². The van der Waals surface area contributed by atoms with Crippen molar-refractivity contribution in [2.75, 3.05) is 4.90 Å². The van der Waals surface area contributed by atoms with E-state index in [1.165, 1.54) is 28.8 Å². The zero-order chi connectivity index (χ0) is 18.0. The Morgan fingerprint density at radius 3 is 2.84 bits per heavy atom. The number of carboxylic acids is 1. The van der Waals surface area contributed by atoms with Crippen LogP contribution in [-0.2, 0) is 4.79 Å². The molecule has 1 aliphatic heterocycles. The molecule has 25 heavy (non-hydrogen) atoms. The Balaban J connectivity index is 1.89. The minimum absolute atomic E-state index is 0.108. The summed E-state index contributed by atoms with van der Waals surface area (Å²) in [6.07, 6.45) is 6.68. The van der Waals surface area contributed by atoms with Crippen molar-refractivity contribution in [3.05, 3.63) is 70.5 Å². The molecule has 1 N–H and O–H groups in total. The lowest BCUT2D eigenvalue weighted by molar-refractivity contribution is -0.113. The molecule has 1 amide bonds. The van der Waals surface area contributed by atoms with Gasteiger partial charge in [0, 0.05) is 0 Å². The first-order valence-corrected chi connectivity index (χ1v) is 8.52. The summed E-state index contributed by atoms with van der Waals surface area (Å²) in [7, 11) is 0. The van der Waals surface area contributed by atoms with Crippen LogP contribution >= 0.6 is 24.0 Å². The number of nitrogens with zero attached hydrogens (tertiary/aromatic N) is 1. The van der Waals surface area contributed by atoms with Crippen molar-refractivity contribution in [3.63, 3.8) is 0 Å². The Morgan fingerprint density at radius 2 is 2.16 bits per heavy atom. The van der Waals surface area contributed by atoms with Crippen LogP contribution in [0.3, 0.4) is 0 Å². The van der Waals surface area contributed by atoms with Crippen molar-refractivity contribution >= 4 is 51.9 Å².